The quantitative estimate of drug-likeness (QED) is 0.491. The number of halogens is 2. The Morgan fingerprint density at radius 3 is 2.91 bits per heavy atom. The zero-order valence-electron chi connectivity index (χ0n) is 12.0. The van der Waals surface area contributed by atoms with Crippen LogP contribution in [0, 0.1) is 0 Å². The summed E-state index contributed by atoms with van der Waals surface area (Å²) in [6.45, 7) is 3.96. The molecule has 0 aliphatic heterocycles. The summed E-state index contributed by atoms with van der Waals surface area (Å²) in [5.41, 5.74) is 0.409. The van der Waals surface area contributed by atoms with Crippen molar-refractivity contribution in [2.75, 3.05) is 5.75 Å². The average Bonchev–Trinajstić information content (AvgIpc) is 3.01. The third-order valence-electron chi connectivity index (χ3n) is 3.13. The van der Waals surface area contributed by atoms with Crippen LogP contribution in [0.25, 0.3) is 10.9 Å². The van der Waals surface area contributed by atoms with E-state index in [2.05, 4.69) is 11.6 Å². The summed E-state index contributed by atoms with van der Waals surface area (Å²) in [5, 5.41) is 2.07. The maximum Gasteiger partial charge on any atom is 0.262 e. The van der Waals surface area contributed by atoms with Crippen molar-refractivity contribution < 1.29 is 4.42 Å². The summed E-state index contributed by atoms with van der Waals surface area (Å²) >= 11 is 13.2. The Hall–Kier alpha value is -1.69. The molecule has 3 aromatic rings. The van der Waals surface area contributed by atoms with Crippen LogP contribution >= 0.6 is 35.0 Å². The molecular weight excluding hydrogens is 355 g/mol. The molecule has 0 N–H and O–H groups in total. The van der Waals surface area contributed by atoms with Crippen LogP contribution in [0.3, 0.4) is 0 Å². The molecule has 1 aromatic carbocycles. The van der Waals surface area contributed by atoms with Crippen LogP contribution in [-0.2, 0) is 6.54 Å². The van der Waals surface area contributed by atoms with E-state index in [4.69, 9.17) is 27.6 Å². The molecule has 0 aliphatic carbocycles. The number of fused-ring (bicyclic) bond motifs is 1. The molecule has 0 spiro atoms. The number of furan rings is 1. The summed E-state index contributed by atoms with van der Waals surface area (Å²) < 4.78 is 6.91. The van der Waals surface area contributed by atoms with Crippen LogP contribution in [-0.4, -0.2) is 15.3 Å². The summed E-state index contributed by atoms with van der Waals surface area (Å²) in [6, 6.07) is 8.63. The molecule has 4 nitrogen and oxygen atoms in total. The zero-order valence-corrected chi connectivity index (χ0v) is 14.3. The molecular formula is C16H12Cl2N2O2S. The molecule has 7 heteroatoms. The monoisotopic (exact) mass is 366 g/mol. The number of aromatic nitrogens is 2. The fourth-order valence-corrected chi connectivity index (χ4v) is 3.21. The van der Waals surface area contributed by atoms with Gasteiger partial charge in [-0.15, -0.1) is 0 Å². The Balaban J connectivity index is 2.14. The lowest BCUT2D eigenvalue weighted by molar-refractivity contribution is 0.476. The highest BCUT2D eigenvalue weighted by Gasteiger charge is 2.13. The van der Waals surface area contributed by atoms with Gasteiger partial charge in [-0.25, -0.2) is 4.98 Å². The predicted molar refractivity (Wildman–Crippen MR) is 94.5 cm³/mol. The second-order valence-corrected chi connectivity index (χ2v) is 6.75. The van der Waals surface area contributed by atoms with Crippen molar-refractivity contribution in [2.45, 2.75) is 11.7 Å². The summed E-state index contributed by atoms with van der Waals surface area (Å²) in [6.07, 6.45) is 1.57. The first-order chi connectivity index (χ1) is 11.0. The van der Waals surface area contributed by atoms with E-state index in [0.717, 1.165) is 0 Å². The predicted octanol–water partition coefficient (Wildman–Crippen LogP) is 4.54. The summed E-state index contributed by atoms with van der Waals surface area (Å²) in [4.78, 5) is 17.4. The molecule has 0 bridgehead atoms. The standard InChI is InChI=1S/C16H12Cl2N2O2S/c1-10(17)9-23-16-19-14-7-11(18)4-5-13(14)15(21)20(16)8-12-3-2-6-22-12/h2-7H,1,8-9H2. The minimum absolute atomic E-state index is 0.147. The van der Waals surface area contributed by atoms with Crippen LogP contribution in [0.2, 0.25) is 5.02 Å². The van der Waals surface area contributed by atoms with Crippen LogP contribution in [0.5, 0.6) is 0 Å². The lowest BCUT2D eigenvalue weighted by Gasteiger charge is -2.12. The van der Waals surface area contributed by atoms with Crippen molar-refractivity contribution >= 4 is 45.9 Å². The Labute approximate surface area is 146 Å². The third kappa shape index (κ3) is 3.63. The highest BCUT2D eigenvalue weighted by atomic mass is 35.5. The summed E-state index contributed by atoms with van der Waals surface area (Å²) in [5.74, 6) is 1.13. The van der Waals surface area contributed by atoms with Gasteiger partial charge in [0.1, 0.15) is 5.76 Å². The van der Waals surface area contributed by atoms with Crippen LogP contribution in [0.1, 0.15) is 5.76 Å². The zero-order chi connectivity index (χ0) is 16.4. The lowest BCUT2D eigenvalue weighted by atomic mass is 10.2. The first-order valence-electron chi connectivity index (χ1n) is 6.73. The van der Waals surface area contributed by atoms with Crippen molar-refractivity contribution in [1.29, 1.82) is 0 Å². The SMILES string of the molecule is C=C(Cl)CSc1nc2cc(Cl)ccc2c(=O)n1Cc1ccco1. The molecule has 0 atom stereocenters. The molecule has 0 saturated carbocycles. The summed E-state index contributed by atoms with van der Waals surface area (Å²) in [7, 11) is 0. The number of thioether (sulfide) groups is 1. The van der Waals surface area contributed by atoms with E-state index < -0.39 is 0 Å². The van der Waals surface area contributed by atoms with Gasteiger partial charge >= 0.3 is 0 Å². The third-order valence-corrected chi connectivity index (χ3v) is 4.72. The van der Waals surface area contributed by atoms with Gasteiger partial charge in [0.2, 0.25) is 0 Å². The molecule has 0 saturated heterocycles. The van der Waals surface area contributed by atoms with Crippen LogP contribution in [0.4, 0.5) is 0 Å². The molecule has 118 valence electrons. The van der Waals surface area contributed by atoms with E-state index in [0.29, 0.717) is 44.2 Å². The molecule has 2 heterocycles. The van der Waals surface area contributed by atoms with Gasteiger partial charge in [0.25, 0.3) is 5.56 Å². The Kier molecular flexibility index (Phi) is 4.80. The van der Waals surface area contributed by atoms with E-state index in [9.17, 15) is 4.79 Å². The first-order valence-corrected chi connectivity index (χ1v) is 8.47. The highest BCUT2D eigenvalue weighted by Crippen LogP contribution is 2.23. The van der Waals surface area contributed by atoms with Gasteiger partial charge in [-0.1, -0.05) is 41.5 Å². The number of rotatable bonds is 5. The van der Waals surface area contributed by atoms with E-state index in [1.807, 2.05) is 6.07 Å². The second-order valence-electron chi connectivity index (χ2n) is 4.83. The molecule has 0 fully saturated rings. The van der Waals surface area contributed by atoms with Crippen molar-refractivity contribution in [1.82, 2.24) is 9.55 Å². The fourth-order valence-electron chi connectivity index (χ4n) is 2.12. The van der Waals surface area contributed by atoms with E-state index in [1.54, 1.807) is 35.1 Å². The van der Waals surface area contributed by atoms with Gasteiger partial charge in [0, 0.05) is 15.8 Å². The molecule has 2 aromatic heterocycles. The van der Waals surface area contributed by atoms with E-state index >= 15 is 0 Å². The molecule has 0 aliphatic rings. The molecule has 23 heavy (non-hydrogen) atoms. The van der Waals surface area contributed by atoms with Crippen molar-refractivity contribution in [2.24, 2.45) is 0 Å². The second kappa shape index (κ2) is 6.83. The minimum Gasteiger partial charge on any atom is -0.467 e. The van der Waals surface area contributed by atoms with Crippen molar-refractivity contribution in [3.05, 3.63) is 69.3 Å². The number of benzene rings is 1. The smallest absolute Gasteiger partial charge is 0.262 e. The Morgan fingerprint density at radius 1 is 1.39 bits per heavy atom. The van der Waals surface area contributed by atoms with Crippen LogP contribution in [0.15, 0.2) is 62.6 Å². The number of hydrogen-bond acceptors (Lipinski definition) is 4. The molecule has 0 radical (unpaired) electrons. The van der Waals surface area contributed by atoms with Gasteiger partial charge in [0.15, 0.2) is 5.16 Å². The molecule has 3 rings (SSSR count). The molecule has 0 amide bonds. The average molecular weight is 367 g/mol. The largest absolute Gasteiger partial charge is 0.467 e. The highest BCUT2D eigenvalue weighted by molar-refractivity contribution is 7.99. The van der Waals surface area contributed by atoms with Crippen LogP contribution < -0.4 is 5.56 Å². The van der Waals surface area contributed by atoms with Crippen molar-refractivity contribution in [3.63, 3.8) is 0 Å². The van der Waals surface area contributed by atoms with E-state index in [-0.39, 0.29) is 5.56 Å². The van der Waals surface area contributed by atoms with Gasteiger partial charge < -0.3 is 4.42 Å². The number of hydrogen-bond donors (Lipinski definition) is 0. The maximum atomic E-state index is 12.8. The normalized spacial score (nSPS) is 11.0. The Bertz CT molecular complexity index is 920. The fraction of sp³-hybridized carbons (Fsp3) is 0.125. The Morgan fingerprint density at radius 2 is 2.22 bits per heavy atom. The number of nitrogens with zero attached hydrogens (tertiary/aromatic N) is 2. The maximum absolute atomic E-state index is 12.8. The van der Waals surface area contributed by atoms with Gasteiger partial charge in [-0.3, -0.25) is 9.36 Å². The van der Waals surface area contributed by atoms with Gasteiger partial charge in [-0.2, -0.15) is 0 Å². The van der Waals surface area contributed by atoms with Crippen molar-refractivity contribution in [3.8, 4) is 0 Å². The van der Waals surface area contributed by atoms with Gasteiger partial charge in [-0.05, 0) is 30.3 Å². The molecule has 0 unspecified atom stereocenters. The topological polar surface area (TPSA) is 48.0 Å². The minimum atomic E-state index is -0.147. The first kappa shape index (κ1) is 16.2. The lowest BCUT2D eigenvalue weighted by Crippen LogP contribution is -2.24. The van der Waals surface area contributed by atoms with Gasteiger partial charge in [0.05, 0.1) is 23.7 Å². The van der Waals surface area contributed by atoms with E-state index in [1.165, 1.54) is 11.8 Å².